The van der Waals surface area contributed by atoms with Crippen molar-refractivity contribution in [1.29, 1.82) is 0 Å². The topological polar surface area (TPSA) is 76.4 Å². The van der Waals surface area contributed by atoms with E-state index < -0.39 is 0 Å². The molecule has 0 bridgehead atoms. The molecule has 0 aliphatic carbocycles. The molecule has 130 valence electrons. The lowest BCUT2D eigenvalue weighted by atomic mass is 10.2. The molecule has 2 aromatic rings. The Hall–Kier alpha value is -2.57. The molecule has 7 heteroatoms. The monoisotopic (exact) mass is 330 g/mol. The van der Waals surface area contributed by atoms with Crippen LogP contribution in [-0.2, 0) is 13.6 Å². The molecule has 1 aromatic carbocycles. The summed E-state index contributed by atoms with van der Waals surface area (Å²) < 4.78 is 7.90. The summed E-state index contributed by atoms with van der Waals surface area (Å²) in [5.74, 6) is 3.36. The molecule has 0 fully saturated rings. The van der Waals surface area contributed by atoms with Gasteiger partial charge in [-0.1, -0.05) is 18.2 Å². The fraction of sp³-hybridized carbons (Fsp3) is 0.471. The smallest absolute Gasteiger partial charge is 0.191 e. The van der Waals surface area contributed by atoms with Crippen molar-refractivity contribution < 1.29 is 4.74 Å². The van der Waals surface area contributed by atoms with E-state index in [0.29, 0.717) is 19.0 Å². The minimum Gasteiger partial charge on any atom is -0.489 e. The molecule has 24 heavy (non-hydrogen) atoms. The van der Waals surface area contributed by atoms with E-state index >= 15 is 0 Å². The van der Waals surface area contributed by atoms with Gasteiger partial charge in [0.2, 0.25) is 0 Å². The molecule has 1 unspecified atom stereocenters. The lowest BCUT2D eigenvalue weighted by molar-refractivity contribution is 0.222. The van der Waals surface area contributed by atoms with Gasteiger partial charge < -0.3 is 19.9 Å². The number of aromatic nitrogens is 3. The van der Waals surface area contributed by atoms with Gasteiger partial charge in [0.15, 0.2) is 11.8 Å². The van der Waals surface area contributed by atoms with E-state index in [1.807, 2.05) is 56.7 Å². The highest BCUT2D eigenvalue weighted by atomic mass is 16.5. The van der Waals surface area contributed by atoms with Gasteiger partial charge in [-0.05, 0) is 32.4 Å². The zero-order valence-electron chi connectivity index (χ0n) is 15.0. The molecule has 0 aliphatic rings. The molecule has 2 rings (SSSR count). The predicted octanol–water partition coefficient (Wildman–Crippen LogP) is 1.56. The molecule has 1 aromatic heterocycles. The highest BCUT2D eigenvalue weighted by Crippen LogP contribution is 2.17. The molecule has 7 nitrogen and oxygen atoms in total. The molecular weight excluding hydrogens is 304 g/mol. The normalized spacial score (nSPS) is 12.8. The van der Waals surface area contributed by atoms with Crippen molar-refractivity contribution in [3.8, 4) is 5.75 Å². The first kappa shape index (κ1) is 17.8. The van der Waals surface area contributed by atoms with Crippen molar-refractivity contribution >= 4 is 5.96 Å². The highest BCUT2D eigenvalue weighted by molar-refractivity contribution is 5.79. The average Bonchev–Trinajstić information content (AvgIpc) is 2.89. The van der Waals surface area contributed by atoms with E-state index in [2.05, 4.69) is 25.8 Å². The van der Waals surface area contributed by atoms with Crippen LogP contribution in [0.5, 0.6) is 5.75 Å². The number of hydrogen-bond acceptors (Lipinski definition) is 4. The summed E-state index contributed by atoms with van der Waals surface area (Å²) in [5, 5.41) is 14.7. The Morgan fingerprint density at radius 3 is 2.62 bits per heavy atom. The Bertz CT molecular complexity index is 694. The molecule has 1 heterocycles. The third-order valence-corrected chi connectivity index (χ3v) is 3.80. The van der Waals surface area contributed by atoms with E-state index in [1.165, 1.54) is 0 Å². The van der Waals surface area contributed by atoms with Crippen LogP contribution in [0.4, 0.5) is 0 Å². The molecule has 2 N–H and O–H groups in total. The maximum atomic E-state index is 5.95. The first-order valence-electron chi connectivity index (χ1n) is 8.03. The molecule has 0 aliphatic heterocycles. The fourth-order valence-corrected chi connectivity index (χ4v) is 2.18. The van der Waals surface area contributed by atoms with Gasteiger partial charge in [0.25, 0.3) is 0 Å². The van der Waals surface area contributed by atoms with Gasteiger partial charge >= 0.3 is 0 Å². The van der Waals surface area contributed by atoms with Crippen LogP contribution in [0.1, 0.15) is 24.1 Å². The number of rotatable bonds is 6. The van der Waals surface area contributed by atoms with Crippen molar-refractivity contribution in [3.05, 3.63) is 41.5 Å². The first-order valence-corrected chi connectivity index (χ1v) is 8.03. The first-order chi connectivity index (χ1) is 11.5. The van der Waals surface area contributed by atoms with Gasteiger partial charge in [-0.3, -0.25) is 4.99 Å². The summed E-state index contributed by atoms with van der Waals surface area (Å²) in [7, 11) is 3.69. The summed E-state index contributed by atoms with van der Waals surface area (Å²) in [4.78, 5) is 4.22. The van der Waals surface area contributed by atoms with E-state index in [9.17, 15) is 0 Å². The number of nitrogens with one attached hydrogen (secondary N) is 2. The van der Waals surface area contributed by atoms with E-state index in [0.717, 1.165) is 23.0 Å². The van der Waals surface area contributed by atoms with Gasteiger partial charge in [0, 0.05) is 14.1 Å². The fourth-order valence-electron chi connectivity index (χ4n) is 2.18. The predicted molar refractivity (Wildman–Crippen MR) is 95.2 cm³/mol. The second-order valence-corrected chi connectivity index (χ2v) is 5.72. The summed E-state index contributed by atoms with van der Waals surface area (Å²) >= 11 is 0. The van der Waals surface area contributed by atoms with Crippen LogP contribution >= 0.6 is 0 Å². The second-order valence-electron chi connectivity index (χ2n) is 5.72. The number of ether oxygens (including phenoxy) is 1. The Morgan fingerprint density at radius 1 is 1.25 bits per heavy atom. The number of aryl methyl sites for hydroxylation is 2. The van der Waals surface area contributed by atoms with Crippen molar-refractivity contribution in [1.82, 2.24) is 25.4 Å². The van der Waals surface area contributed by atoms with Gasteiger partial charge in [-0.2, -0.15) is 0 Å². The largest absolute Gasteiger partial charge is 0.489 e. The highest BCUT2D eigenvalue weighted by Gasteiger charge is 2.09. The van der Waals surface area contributed by atoms with Gasteiger partial charge in [-0.15, -0.1) is 10.2 Å². The number of nitrogens with zero attached hydrogens (tertiary/aromatic N) is 4. The van der Waals surface area contributed by atoms with Gasteiger partial charge in [-0.25, -0.2) is 0 Å². The van der Waals surface area contributed by atoms with Crippen LogP contribution in [0.15, 0.2) is 29.3 Å². The van der Waals surface area contributed by atoms with E-state index in [4.69, 9.17) is 4.74 Å². The molecule has 0 spiro atoms. The zero-order valence-corrected chi connectivity index (χ0v) is 15.0. The second kappa shape index (κ2) is 8.33. The third kappa shape index (κ3) is 4.71. The van der Waals surface area contributed by atoms with Crippen LogP contribution in [0.25, 0.3) is 0 Å². The number of hydrogen-bond donors (Lipinski definition) is 2. The minimum absolute atomic E-state index is 0.0155. The number of guanidine groups is 1. The summed E-state index contributed by atoms with van der Waals surface area (Å²) in [6.45, 7) is 7.20. The quantitative estimate of drug-likeness (QED) is 0.621. The molecule has 0 amide bonds. The standard InChI is InChI=1S/C17H26N6O/c1-12-8-6-7-9-15(12)24-13(2)10-19-17(18-4)20-11-16-22-21-14(3)23(16)5/h6-9,13H,10-11H2,1-5H3,(H2,18,19,20). The molecule has 0 radical (unpaired) electrons. The maximum Gasteiger partial charge on any atom is 0.191 e. The lowest BCUT2D eigenvalue weighted by Crippen LogP contribution is -2.41. The zero-order chi connectivity index (χ0) is 17.5. The Kier molecular flexibility index (Phi) is 6.17. The van der Waals surface area contributed by atoms with Crippen LogP contribution < -0.4 is 15.4 Å². The summed E-state index contributed by atoms with van der Waals surface area (Å²) in [6.07, 6.45) is 0.0155. The van der Waals surface area contributed by atoms with Crippen molar-refractivity contribution in [2.75, 3.05) is 13.6 Å². The van der Waals surface area contributed by atoms with E-state index in [-0.39, 0.29) is 6.10 Å². The molecule has 1 atom stereocenters. The van der Waals surface area contributed by atoms with Crippen molar-refractivity contribution in [2.24, 2.45) is 12.0 Å². The van der Waals surface area contributed by atoms with E-state index in [1.54, 1.807) is 7.05 Å². The van der Waals surface area contributed by atoms with Crippen LogP contribution in [0.3, 0.4) is 0 Å². The SMILES string of the molecule is CN=C(NCc1nnc(C)n1C)NCC(C)Oc1ccccc1C. The number of para-hydroxylation sites is 1. The van der Waals surface area contributed by atoms with Gasteiger partial charge in [0.05, 0.1) is 13.1 Å². The maximum absolute atomic E-state index is 5.95. The van der Waals surface area contributed by atoms with Gasteiger partial charge in [0.1, 0.15) is 17.7 Å². The number of benzene rings is 1. The summed E-state index contributed by atoms with van der Waals surface area (Å²) in [6, 6.07) is 8.01. The molecular formula is C17H26N6O. The van der Waals surface area contributed by atoms with Crippen molar-refractivity contribution in [2.45, 2.75) is 33.4 Å². The van der Waals surface area contributed by atoms with Crippen LogP contribution in [0.2, 0.25) is 0 Å². The minimum atomic E-state index is 0.0155. The summed E-state index contributed by atoms with van der Waals surface area (Å²) in [5.41, 5.74) is 1.13. The molecule has 0 saturated heterocycles. The van der Waals surface area contributed by atoms with Crippen LogP contribution in [0, 0.1) is 13.8 Å². The lowest BCUT2D eigenvalue weighted by Gasteiger charge is -2.18. The van der Waals surface area contributed by atoms with Crippen molar-refractivity contribution in [3.63, 3.8) is 0 Å². The Labute approximate surface area is 143 Å². The third-order valence-electron chi connectivity index (χ3n) is 3.80. The van der Waals surface area contributed by atoms with Crippen LogP contribution in [-0.4, -0.2) is 40.4 Å². The Balaban J connectivity index is 1.81. The molecule has 0 saturated carbocycles. The number of aliphatic imine (C=N–C) groups is 1. The average molecular weight is 330 g/mol. The Morgan fingerprint density at radius 2 is 2.00 bits per heavy atom.